The summed E-state index contributed by atoms with van der Waals surface area (Å²) in [6.07, 6.45) is 6.74. The van der Waals surface area contributed by atoms with Crippen LogP contribution in [0.5, 0.6) is 0 Å². The molecular formula is C19H19BN7S. The molecule has 2 aliphatic heterocycles. The van der Waals surface area contributed by atoms with Gasteiger partial charge < -0.3 is 15.4 Å². The molecule has 0 saturated carbocycles. The summed E-state index contributed by atoms with van der Waals surface area (Å²) in [4.78, 5) is 16.6. The average Bonchev–Trinajstić information content (AvgIpc) is 3.11. The van der Waals surface area contributed by atoms with E-state index in [2.05, 4.69) is 45.8 Å². The maximum absolute atomic E-state index is 9.00. The fourth-order valence-electron chi connectivity index (χ4n) is 4.15. The van der Waals surface area contributed by atoms with Gasteiger partial charge in [0.25, 0.3) is 0 Å². The van der Waals surface area contributed by atoms with Gasteiger partial charge in [-0.25, -0.2) is 9.97 Å². The zero-order valence-electron chi connectivity index (χ0n) is 15.5. The largest absolute Gasteiger partial charge is 0.367 e. The molecule has 3 aromatic heterocycles. The third-order valence-corrected chi connectivity index (χ3v) is 6.31. The van der Waals surface area contributed by atoms with E-state index >= 15 is 0 Å². The molecule has 5 rings (SSSR count). The van der Waals surface area contributed by atoms with Crippen LogP contribution in [0.2, 0.25) is 6.32 Å². The van der Waals surface area contributed by atoms with Crippen molar-refractivity contribution in [2.75, 3.05) is 10.6 Å². The summed E-state index contributed by atoms with van der Waals surface area (Å²) >= 11 is 1.31. The quantitative estimate of drug-likeness (QED) is 0.662. The molecule has 0 amide bonds. The highest BCUT2D eigenvalue weighted by atomic mass is 32.1. The lowest BCUT2D eigenvalue weighted by atomic mass is 9.63. The fourth-order valence-corrected chi connectivity index (χ4v) is 4.77. The monoisotopic (exact) mass is 388 g/mol. The number of nitrogens with zero attached hydrogens (tertiary/aromatic N) is 5. The van der Waals surface area contributed by atoms with Crippen molar-refractivity contribution in [3.8, 4) is 6.07 Å². The molecule has 3 atom stereocenters. The van der Waals surface area contributed by atoms with Gasteiger partial charge in [0.1, 0.15) is 22.6 Å². The van der Waals surface area contributed by atoms with Gasteiger partial charge in [-0.1, -0.05) is 18.3 Å². The summed E-state index contributed by atoms with van der Waals surface area (Å²) < 4.78 is 0. The van der Waals surface area contributed by atoms with Crippen LogP contribution in [0.3, 0.4) is 0 Å². The van der Waals surface area contributed by atoms with Gasteiger partial charge in [-0.15, -0.1) is 0 Å². The highest BCUT2D eigenvalue weighted by Crippen LogP contribution is 2.34. The number of hydrogen-bond acceptors (Lipinski definition) is 8. The normalized spacial score (nSPS) is 23.9. The third kappa shape index (κ3) is 3.19. The number of nitriles is 1. The Bertz CT molecular complexity index is 1050. The number of nitrogens with one attached hydrogen (secondary N) is 2. The second kappa shape index (κ2) is 7.04. The lowest BCUT2D eigenvalue weighted by Gasteiger charge is -2.51. The van der Waals surface area contributed by atoms with Crippen LogP contribution in [-0.4, -0.2) is 45.3 Å². The summed E-state index contributed by atoms with van der Waals surface area (Å²) in [7, 11) is 2.32. The molecule has 2 saturated heterocycles. The first-order chi connectivity index (χ1) is 13.7. The Morgan fingerprint density at radius 2 is 2.29 bits per heavy atom. The van der Waals surface area contributed by atoms with Crippen molar-refractivity contribution in [3.05, 3.63) is 35.5 Å². The predicted octanol–water partition coefficient (Wildman–Crippen LogP) is 3.39. The summed E-state index contributed by atoms with van der Waals surface area (Å²) in [6.45, 7) is 2.29. The van der Waals surface area contributed by atoms with Crippen LogP contribution in [0, 0.1) is 11.3 Å². The first-order valence-corrected chi connectivity index (χ1v) is 10.3. The molecule has 9 heteroatoms. The van der Waals surface area contributed by atoms with E-state index in [0.717, 1.165) is 29.6 Å². The molecule has 139 valence electrons. The zero-order valence-corrected chi connectivity index (χ0v) is 16.3. The van der Waals surface area contributed by atoms with Gasteiger partial charge in [0.05, 0.1) is 11.7 Å². The molecule has 2 N–H and O–H groups in total. The molecule has 5 heterocycles. The minimum Gasteiger partial charge on any atom is -0.367 e. The molecule has 28 heavy (non-hydrogen) atoms. The van der Waals surface area contributed by atoms with Crippen LogP contribution >= 0.6 is 11.3 Å². The van der Waals surface area contributed by atoms with Crippen molar-refractivity contribution in [2.45, 2.75) is 44.2 Å². The summed E-state index contributed by atoms with van der Waals surface area (Å²) in [5.74, 6) is 1.52. The van der Waals surface area contributed by atoms with E-state index in [1.54, 1.807) is 12.4 Å². The standard InChI is InChI=1S/C19H19BN7S/c1-11-5-12(6-13-8-20-27(11)13)24-18-15-3-2-4-22-16(15)7-17(25-18)26-19-23-10-14(9-21)28-19/h2-4,7,10-13H,5-6,8H2,1H3,(H2,23,24,25,26)/t11-,12-,13-/m1/s1. The van der Waals surface area contributed by atoms with Crippen molar-refractivity contribution in [3.63, 3.8) is 0 Å². The van der Waals surface area contributed by atoms with Gasteiger partial charge in [0.2, 0.25) is 7.41 Å². The lowest BCUT2D eigenvalue weighted by Crippen LogP contribution is -2.60. The van der Waals surface area contributed by atoms with E-state index in [9.17, 15) is 0 Å². The van der Waals surface area contributed by atoms with Crippen molar-refractivity contribution >= 4 is 46.4 Å². The maximum atomic E-state index is 9.00. The van der Waals surface area contributed by atoms with E-state index in [1.807, 2.05) is 18.2 Å². The molecule has 0 bridgehead atoms. The first kappa shape index (κ1) is 17.4. The van der Waals surface area contributed by atoms with Gasteiger partial charge in [-0.3, -0.25) is 4.98 Å². The number of thiazole rings is 1. The van der Waals surface area contributed by atoms with E-state index < -0.39 is 0 Å². The number of hydrogen-bond donors (Lipinski definition) is 2. The molecule has 0 spiro atoms. The molecule has 7 nitrogen and oxygen atoms in total. The molecule has 2 fully saturated rings. The Labute approximate surface area is 168 Å². The number of aromatic nitrogens is 3. The van der Waals surface area contributed by atoms with E-state index in [4.69, 9.17) is 10.2 Å². The second-order valence-corrected chi connectivity index (χ2v) is 8.40. The van der Waals surface area contributed by atoms with Crippen LogP contribution < -0.4 is 10.6 Å². The Kier molecular flexibility index (Phi) is 4.38. The zero-order chi connectivity index (χ0) is 19.1. The molecule has 3 aromatic rings. The molecule has 0 aliphatic carbocycles. The van der Waals surface area contributed by atoms with E-state index in [-0.39, 0.29) is 0 Å². The SMILES string of the molecule is C[C@@H]1C[C@@H](Nc2nc(Nc3ncc(C#N)s3)cc3ncccc23)C[C@@H]2C[B]N21. The van der Waals surface area contributed by atoms with Gasteiger partial charge in [0.15, 0.2) is 5.13 Å². The summed E-state index contributed by atoms with van der Waals surface area (Å²) in [5, 5.41) is 17.6. The van der Waals surface area contributed by atoms with Gasteiger partial charge in [0, 0.05) is 23.7 Å². The van der Waals surface area contributed by atoms with E-state index in [0.29, 0.717) is 34.0 Å². The van der Waals surface area contributed by atoms with Crippen LogP contribution in [0.4, 0.5) is 16.8 Å². The Morgan fingerprint density at radius 1 is 1.36 bits per heavy atom. The molecule has 1 radical (unpaired) electrons. The maximum Gasteiger partial charge on any atom is 0.210 e. The highest BCUT2D eigenvalue weighted by molar-refractivity contribution is 7.16. The average molecular weight is 388 g/mol. The number of anilines is 3. The third-order valence-electron chi connectivity index (χ3n) is 5.49. The van der Waals surface area contributed by atoms with Gasteiger partial charge in [-0.05, 0) is 43.4 Å². The molecular weight excluding hydrogens is 369 g/mol. The second-order valence-electron chi connectivity index (χ2n) is 7.37. The summed E-state index contributed by atoms with van der Waals surface area (Å²) in [5.41, 5.74) is 0.877. The van der Waals surface area contributed by atoms with Crippen molar-refractivity contribution in [1.82, 2.24) is 19.8 Å². The minimum absolute atomic E-state index is 0.390. The highest BCUT2D eigenvalue weighted by Gasteiger charge is 2.39. The van der Waals surface area contributed by atoms with E-state index in [1.165, 1.54) is 17.7 Å². The van der Waals surface area contributed by atoms with Crippen LogP contribution in [0.25, 0.3) is 10.9 Å². The van der Waals surface area contributed by atoms with Gasteiger partial charge in [-0.2, -0.15) is 5.26 Å². The van der Waals surface area contributed by atoms with Crippen molar-refractivity contribution < 1.29 is 0 Å². The van der Waals surface area contributed by atoms with Crippen LogP contribution in [0.1, 0.15) is 24.6 Å². The van der Waals surface area contributed by atoms with Crippen LogP contribution in [0.15, 0.2) is 30.6 Å². The van der Waals surface area contributed by atoms with Crippen LogP contribution in [-0.2, 0) is 0 Å². The molecule has 0 unspecified atom stereocenters. The summed E-state index contributed by atoms with van der Waals surface area (Å²) in [6, 6.07) is 9.60. The first-order valence-electron chi connectivity index (χ1n) is 9.45. The fraction of sp³-hybridized carbons (Fsp3) is 0.368. The number of rotatable bonds is 4. The number of piperidine rings is 1. The predicted molar refractivity (Wildman–Crippen MR) is 112 cm³/mol. The Morgan fingerprint density at radius 3 is 3.04 bits per heavy atom. The molecule has 2 aliphatic rings. The Balaban J connectivity index is 1.44. The smallest absolute Gasteiger partial charge is 0.210 e. The van der Waals surface area contributed by atoms with Crippen molar-refractivity contribution in [1.29, 1.82) is 5.26 Å². The van der Waals surface area contributed by atoms with Crippen molar-refractivity contribution in [2.24, 2.45) is 0 Å². The number of fused-ring (bicyclic) bond motifs is 2. The lowest BCUT2D eigenvalue weighted by molar-refractivity contribution is 0.159. The number of pyridine rings is 2. The molecule has 0 aromatic carbocycles. The van der Waals surface area contributed by atoms with Gasteiger partial charge >= 0.3 is 0 Å². The minimum atomic E-state index is 0.390. The Hall–Kier alpha value is -2.70. The topological polar surface area (TPSA) is 89.8 Å².